The first-order valence-electron chi connectivity index (χ1n) is 7.54. The lowest BCUT2D eigenvalue weighted by Gasteiger charge is -2.04. The van der Waals surface area contributed by atoms with Gasteiger partial charge in [0.25, 0.3) is 5.91 Å². The Morgan fingerprint density at radius 1 is 1.23 bits per heavy atom. The molecule has 0 radical (unpaired) electrons. The van der Waals surface area contributed by atoms with Gasteiger partial charge < -0.3 is 15.3 Å². The first-order chi connectivity index (χ1) is 10.6. The molecule has 0 saturated carbocycles. The molecule has 0 aliphatic rings. The monoisotopic (exact) mass is 296 g/mol. The van der Waals surface area contributed by atoms with E-state index in [1.165, 1.54) is 0 Å². The molecule has 2 aromatic heterocycles. The number of nitrogens with one attached hydrogen (secondary N) is 3. The number of aromatic nitrogens is 3. The van der Waals surface area contributed by atoms with Gasteiger partial charge >= 0.3 is 0 Å². The van der Waals surface area contributed by atoms with Gasteiger partial charge in [-0.3, -0.25) is 4.79 Å². The summed E-state index contributed by atoms with van der Waals surface area (Å²) in [5, 5.41) is 2.93. The van der Waals surface area contributed by atoms with E-state index >= 15 is 0 Å². The number of hydrogen-bond acceptors (Lipinski definition) is 2. The maximum absolute atomic E-state index is 12.3. The second-order valence-electron chi connectivity index (χ2n) is 5.48. The van der Waals surface area contributed by atoms with Crippen molar-refractivity contribution in [3.63, 3.8) is 0 Å². The minimum absolute atomic E-state index is 0.0320. The van der Waals surface area contributed by atoms with E-state index in [9.17, 15) is 4.79 Å². The van der Waals surface area contributed by atoms with Crippen molar-refractivity contribution in [2.75, 3.05) is 6.54 Å². The lowest BCUT2D eigenvalue weighted by Crippen LogP contribution is -2.24. The first kappa shape index (κ1) is 14.4. The Bertz CT molecular complexity index is 795. The number of aromatic amines is 2. The van der Waals surface area contributed by atoms with E-state index in [0.29, 0.717) is 12.1 Å². The number of benzene rings is 1. The number of hydrogen-bond donors (Lipinski definition) is 3. The summed E-state index contributed by atoms with van der Waals surface area (Å²) in [4.78, 5) is 23.5. The molecule has 5 nitrogen and oxygen atoms in total. The van der Waals surface area contributed by atoms with Gasteiger partial charge in [-0.05, 0) is 38.0 Å². The van der Waals surface area contributed by atoms with Crippen LogP contribution in [-0.2, 0) is 0 Å². The van der Waals surface area contributed by atoms with E-state index in [1.807, 2.05) is 45.0 Å². The van der Waals surface area contributed by atoms with Crippen molar-refractivity contribution in [1.82, 2.24) is 20.3 Å². The topological polar surface area (TPSA) is 73.6 Å². The number of nitrogens with zero attached hydrogens (tertiary/aromatic N) is 1. The van der Waals surface area contributed by atoms with Gasteiger partial charge in [0, 0.05) is 12.2 Å². The van der Waals surface area contributed by atoms with Crippen LogP contribution in [0.5, 0.6) is 0 Å². The van der Waals surface area contributed by atoms with E-state index < -0.39 is 0 Å². The number of carbonyl (C=O) groups excluding carboxylic acids is 1. The van der Waals surface area contributed by atoms with Gasteiger partial charge in [0.2, 0.25) is 0 Å². The van der Waals surface area contributed by atoms with E-state index in [2.05, 4.69) is 20.3 Å². The molecule has 3 aromatic rings. The SMILES string of the molecule is CCCNC(=O)c1c(C)[nH]c(-c2nc3ccccc3[nH]2)c1C. The molecule has 0 bridgehead atoms. The number of H-pyrrole nitrogens is 2. The smallest absolute Gasteiger partial charge is 0.253 e. The molecule has 2 heterocycles. The van der Waals surface area contributed by atoms with Gasteiger partial charge in [-0.15, -0.1) is 0 Å². The molecular formula is C17H20N4O. The molecular weight excluding hydrogens is 276 g/mol. The Morgan fingerprint density at radius 2 is 2.00 bits per heavy atom. The fourth-order valence-electron chi connectivity index (χ4n) is 2.73. The Morgan fingerprint density at radius 3 is 2.73 bits per heavy atom. The zero-order valence-corrected chi connectivity index (χ0v) is 13.1. The molecule has 114 valence electrons. The minimum atomic E-state index is -0.0320. The third kappa shape index (κ3) is 2.39. The molecule has 0 atom stereocenters. The summed E-state index contributed by atoms with van der Waals surface area (Å²) in [5.41, 5.74) is 5.27. The normalized spacial score (nSPS) is 11.0. The molecule has 5 heteroatoms. The standard InChI is InChI=1S/C17H20N4O/c1-4-9-18-17(22)14-10(2)15(19-11(14)3)16-20-12-7-5-6-8-13(12)21-16/h5-8,19H,4,9H2,1-3H3,(H,18,22)(H,20,21). The molecule has 0 unspecified atom stereocenters. The summed E-state index contributed by atoms with van der Waals surface area (Å²) in [6.07, 6.45) is 0.921. The lowest BCUT2D eigenvalue weighted by atomic mass is 10.1. The Kier molecular flexibility index (Phi) is 3.71. The zero-order valence-electron chi connectivity index (χ0n) is 13.1. The highest BCUT2D eigenvalue weighted by Gasteiger charge is 2.20. The largest absolute Gasteiger partial charge is 0.355 e. The van der Waals surface area contributed by atoms with E-state index in [4.69, 9.17) is 0 Å². The van der Waals surface area contributed by atoms with Crippen LogP contribution in [0.4, 0.5) is 0 Å². The molecule has 0 fully saturated rings. The number of rotatable bonds is 4. The summed E-state index contributed by atoms with van der Waals surface area (Å²) in [6, 6.07) is 7.89. The molecule has 1 amide bonds. The van der Waals surface area contributed by atoms with Gasteiger partial charge in [0.1, 0.15) is 0 Å². The van der Waals surface area contributed by atoms with Crippen molar-refractivity contribution in [3.8, 4) is 11.5 Å². The minimum Gasteiger partial charge on any atom is -0.355 e. The van der Waals surface area contributed by atoms with Crippen molar-refractivity contribution in [2.45, 2.75) is 27.2 Å². The molecule has 0 saturated heterocycles. The van der Waals surface area contributed by atoms with Crippen molar-refractivity contribution in [3.05, 3.63) is 41.1 Å². The van der Waals surface area contributed by atoms with Crippen LogP contribution < -0.4 is 5.32 Å². The van der Waals surface area contributed by atoms with Crippen molar-refractivity contribution < 1.29 is 4.79 Å². The average molecular weight is 296 g/mol. The van der Waals surface area contributed by atoms with Gasteiger partial charge in [0.15, 0.2) is 5.82 Å². The molecule has 0 aliphatic heterocycles. The van der Waals surface area contributed by atoms with Gasteiger partial charge in [0.05, 0.1) is 22.3 Å². The fraction of sp³-hybridized carbons (Fsp3) is 0.294. The summed E-state index contributed by atoms with van der Waals surface area (Å²) in [6.45, 7) is 6.59. The van der Waals surface area contributed by atoms with Crippen LogP contribution in [0.2, 0.25) is 0 Å². The van der Waals surface area contributed by atoms with Crippen molar-refractivity contribution in [2.24, 2.45) is 0 Å². The highest BCUT2D eigenvalue weighted by molar-refractivity contribution is 5.98. The molecule has 0 aliphatic carbocycles. The molecule has 22 heavy (non-hydrogen) atoms. The van der Waals surface area contributed by atoms with Crippen LogP contribution in [-0.4, -0.2) is 27.4 Å². The van der Waals surface area contributed by atoms with Crippen LogP contribution >= 0.6 is 0 Å². The lowest BCUT2D eigenvalue weighted by molar-refractivity contribution is 0.0952. The second-order valence-corrected chi connectivity index (χ2v) is 5.48. The van der Waals surface area contributed by atoms with Crippen LogP contribution in [0, 0.1) is 13.8 Å². The predicted octanol–water partition coefficient (Wildman–Crippen LogP) is 3.31. The maximum atomic E-state index is 12.3. The molecule has 3 rings (SSSR count). The Labute approximate surface area is 129 Å². The van der Waals surface area contributed by atoms with E-state index in [1.54, 1.807) is 0 Å². The van der Waals surface area contributed by atoms with Crippen molar-refractivity contribution in [1.29, 1.82) is 0 Å². The quantitative estimate of drug-likeness (QED) is 0.691. The van der Waals surface area contributed by atoms with Gasteiger partial charge in [-0.1, -0.05) is 19.1 Å². The Balaban J connectivity index is 2.03. The number of carbonyl (C=O) groups is 1. The van der Waals surface area contributed by atoms with Gasteiger partial charge in [-0.2, -0.15) is 0 Å². The second kappa shape index (κ2) is 5.67. The van der Waals surface area contributed by atoms with E-state index in [-0.39, 0.29) is 5.91 Å². The maximum Gasteiger partial charge on any atom is 0.253 e. The van der Waals surface area contributed by atoms with E-state index in [0.717, 1.165) is 40.2 Å². The third-order valence-corrected chi connectivity index (χ3v) is 3.83. The number of amides is 1. The zero-order chi connectivity index (χ0) is 15.7. The highest BCUT2D eigenvalue weighted by Crippen LogP contribution is 2.27. The summed E-state index contributed by atoms with van der Waals surface area (Å²) in [5.74, 6) is 0.729. The van der Waals surface area contributed by atoms with Crippen LogP contribution in [0.3, 0.4) is 0 Å². The number of aryl methyl sites for hydroxylation is 1. The molecule has 1 aromatic carbocycles. The van der Waals surface area contributed by atoms with Crippen LogP contribution in [0.25, 0.3) is 22.6 Å². The van der Waals surface area contributed by atoms with Gasteiger partial charge in [-0.25, -0.2) is 4.98 Å². The third-order valence-electron chi connectivity index (χ3n) is 3.83. The fourth-order valence-corrected chi connectivity index (χ4v) is 2.73. The predicted molar refractivity (Wildman–Crippen MR) is 88.0 cm³/mol. The average Bonchev–Trinajstić information content (AvgIpc) is 3.05. The van der Waals surface area contributed by atoms with Crippen LogP contribution in [0.15, 0.2) is 24.3 Å². The summed E-state index contributed by atoms with van der Waals surface area (Å²) in [7, 11) is 0. The molecule has 3 N–H and O–H groups in total. The number of imidazole rings is 1. The summed E-state index contributed by atoms with van der Waals surface area (Å²) < 4.78 is 0. The number of para-hydroxylation sites is 2. The van der Waals surface area contributed by atoms with Crippen LogP contribution in [0.1, 0.15) is 35.0 Å². The van der Waals surface area contributed by atoms with Crippen molar-refractivity contribution >= 4 is 16.9 Å². The molecule has 0 spiro atoms. The Hall–Kier alpha value is -2.56. The first-order valence-corrected chi connectivity index (χ1v) is 7.54. The highest BCUT2D eigenvalue weighted by atomic mass is 16.1. The number of fused-ring (bicyclic) bond motifs is 1. The summed E-state index contributed by atoms with van der Waals surface area (Å²) >= 11 is 0.